The first kappa shape index (κ1) is 14.3. The van der Waals surface area contributed by atoms with Gasteiger partial charge >= 0.3 is 0 Å². The number of benzene rings is 1. The predicted octanol–water partition coefficient (Wildman–Crippen LogP) is 3.47. The van der Waals surface area contributed by atoms with E-state index in [9.17, 15) is 4.79 Å². The van der Waals surface area contributed by atoms with Crippen molar-refractivity contribution in [2.24, 2.45) is 5.92 Å². The van der Waals surface area contributed by atoms with Gasteiger partial charge in [-0.1, -0.05) is 39.0 Å². The Bertz CT molecular complexity index is 465. The Kier molecular flexibility index (Phi) is 4.10. The van der Waals surface area contributed by atoms with Gasteiger partial charge in [-0.3, -0.25) is 4.79 Å². The van der Waals surface area contributed by atoms with Crippen molar-refractivity contribution in [1.82, 2.24) is 5.32 Å². The fourth-order valence-electron chi connectivity index (χ4n) is 2.70. The molecular weight excluding hydrogens is 234 g/mol. The van der Waals surface area contributed by atoms with Crippen LogP contribution in [0.3, 0.4) is 0 Å². The van der Waals surface area contributed by atoms with Crippen molar-refractivity contribution in [3.63, 3.8) is 0 Å². The molecule has 2 heteroatoms. The van der Waals surface area contributed by atoms with Gasteiger partial charge in [-0.2, -0.15) is 0 Å². The van der Waals surface area contributed by atoms with Crippen LogP contribution in [0.2, 0.25) is 0 Å². The zero-order chi connectivity index (χ0) is 14.0. The molecule has 1 N–H and O–H groups in total. The summed E-state index contributed by atoms with van der Waals surface area (Å²) in [5.74, 6) is 0.470. The molecule has 0 bridgehead atoms. The minimum atomic E-state index is 0.138. The zero-order valence-electron chi connectivity index (χ0n) is 12.5. The van der Waals surface area contributed by atoms with Crippen LogP contribution in [0.15, 0.2) is 18.2 Å². The summed E-state index contributed by atoms with van der Waals surface area (Å²) in [5, 5.41) is 3.32. The molecular formula is C17H25NO. The maximum Gasteiger partial charge on any atom is 0.167 e. The summed E-state index contributed by atoms with van der Waals surface area (Å²) in [6, 6.07) is 6.30. The highest BCUT2D eigenvalue weighted by molar-refractivity contribution is 5.99. The van der Waals surface area contributed by atoms with Gasteiger partial charge in [0.25, 0.3) is 0 Å². The average molecular weight is 259 g/mol. The van der Waals surface area contributed by atoms with Crippen LogP contribution in [0.25, 0.3) is 0 Å². The van der Waals surface area contributed by atoms with E-state index in [4.69, 9.17) is 0 Å². The number of carbonyl (C=O) groups is 1. The molecule has 2 nitrogen and oxygen atoms in total. The van der Waals surface area contributed by atoms with Crippen molar-refractivity contribution >= 4 is 5.78 Å². The molecule has 0 aliphatic carbocycles. The largest absolute Gasteiger partial charge is 0.316 e. The molecule has 19 heavy (non-hydrogen) atoms. The highest BCUT2D eigenvalue weighted by Crippen LogP contribution is 2.26. The summed E-state index contributed by atoms with van der Waals surface area (Å²) < 4.78 is 0. The van der Waals surface area contributed by atoms with Gasteiger partial charge in [0.15, 0.2) is 5.78 Å². The molecule has 0 aromatic heterocycles. The topological polar surface area (TPSA) is 29.1 Å². The van der Waals surface area contributed by atoms with Crippen molar-refractivity contribution < 1.29 is 4.79 Å². The van der Waals surface area contributed by atoms with Crippen molar-refractivity contribution in [3.05, 3.63) is 34.9 Å². The van der Waals surface area contributed by atoms with E-state index in [2.05, 4.69) is 45.1 Å². The van der Waals surface area contributed by atoms with Crippen molar-refractivity contribution in [2.75, 3.05) is 13.1 Å². The van der Waals surface area contributed by atoms with Gasteiger partial charge in [-0.05, 0) is 42.9 Å². The van der Waals surface area contributed by atoms with Gasteiger partial charge < -0.3 is 5.32 Å². The second-order valence-electron chi connectivity index (χ2n) is 6.69. The second-order valence-corrected chi connectivity index (χ2v) is 6.69. The van der Waals surface area contributed by atoms with E-state index in [1.54, 1.807) is 0 Å². The lowest BCUT2D eigenvalue weighted by atomic mass is 9.83. The summed E-state index contributed by atoms with van der Waals surface area (Å²) in [5.41, 5.74) is 3.45. The monoisotopic (exact) mass is 259 g/mol. The summed E-state index contributed by atoms with van der Waals surface area (Å²) in [4.78, 5) is 12.5. The highest BCUT2D eigenvalue weighted by atomic mass is 16.1. The Hall–Kier alpha value is -1.15. The molecule has 1 aliphatic heterocycles. The number of aryl methyl sites for hydroxylation is 1. The summed E-state index contributed by atoms with van der Waals surface area (Å²) in [6.07, 6.45) is 2.13. The van der Waals surface area contributed by atoms with Crippen LogP contribution in [0.5, 0.6) is 0 Å². The van der Waals surface area contributed by atoms with Crippen molar-refractivity contribution in [3.8, 4) is 0 Å². The third-order valence-corrected chi connectivity index (χ3v) is 4.03. The SMILES string of the molecule is Cc1cc(C(C)(C)C)ccc1C(=O)C1CCCNC1. The first-order valence-electron chi connectivity index (χ1n) is 7.25. The minimum absolute atomic E-state index is 0.138. The molecule has 0 spiro atoms. The Morgan fingerprint density at radius 1 is 1.32 bits per heavy atom. The van der Waals surface area contributed by atoms with Gasteiger partial charge in [-0.25, -0.2) is 0 Å². The van der Waals surface area contributed by atoms with Gasteiger partial charge in [0.2, 0.25) is 0 Å². The van der Waals surface area contributed by atoms with Crippen LogP contribution in [0, 0.1) is 12.8 Å². The van der Waals surface area contributed by atoms with Gasteiger partial charge in [0.05, 0.1) is 0 Å². The number of piperidine rings is 1. The van der Waals surface area contributed by atoms with Crippen LogP contribution < -0.4 is 5.32 Å². The molecule has 1 unspecified atom stereocenters. The van der Waals surface area contributed by atoms with Gasteiger partial charge in [0, 0.05) is 18.0 Å². The molecule has 1 fully saturated rings. The van der Waals surface area contributed by atoms with Crippen molar-refractivity contribution in [1.29, 1.82) is 0 Å². The number of nitrogens with one attached hydrogen (secondary N) is 1. The molecule has 1 heterocycles. The molecule has 0 saturated carbocycles. The Balaban J connectivity index is 2.23. The fourth-order valence-corrected chi connectivity index (χ4v) is 2.70. The van der Waals surface area contributed by atoms with Crippen LogP contribution in [0.4, 0.5) is 0 Å². The third-order valence-electron chi connectivity index (χ3n) is 4.03. The molecule has 0 amide bonds. The lowest BCUT2D eigenvalue weighted by Gasteiger charge is -2.24. The lowest BCUT2D eigenvalue weighted by Crippen LogP contribution is -2.34. The Morgan fingerprint density at radius 3 is 2.58 bits per heavy atom. The number of carbonyl (C=O) groups excluding carboxylic acids is 1. The first-order chi connectivity index (χ1) is 8.89. The third kappa shape index (κ3) is 3.24. The molecule has 2 rings (SSSR count). The standard InChI is InChI=1S/C17H25NO/c1-12-10-14(17(2,3)4)7-8-15(12)16(19)13-6-5-9-18-11-13/h7-8,10,13,18H,5-6,9,11H2,1-4H3. The molecule has 1 aromatic rings. The summed E-state index contributed by atoms with van der Waals surface area (Å²) >= 11 is 0. The molecule has 1 saturated heterocycles. The number of hydrogen-bond donors (Lipinski definition) is 1. The van der Waals surface area contributed by atoms with Gasteiger partial charge in [-0.15, -0.1) is 0 Å². The fraction of sp³-hybridized carbons (Fsp3) is 0.588. The Labute approximate surface area is 116 Å². The van der Waals surface area contributed by atoms with Crippen LogP contribution >= 0.6 is 0 Å². The number of rotatable bonds is 2. The van der Waals surface area contributed by atoms with E-state index in [0.717, 1.165) is 37.1 Å². The van der Waals surface area contributed by atoms with E-state index in [1.165, 1.54) is 5.56 Å². The van der Waals surface area contributed by atoms with Crippen LogP contribution in [-0.4, -0.2) is 18.9 Å². The predicted molar refractivity (Wildman–Crippen MR) is 79.8 cm³/mol. The normalized spacial score (nSPS) is 20.3. The maximum atomic E-state index is 12.5. The van der Waals surface area contributed by atoms with Crippen LogP contribution in [0.1, 0.15) is 55.1 Å². The van der Waals surface area contributed by atoms with E-state index < -0.39 is 0 Å². The molecule has 1 aromatic carbocycles. The average Bonchev–Trinajstić information content (AvgIpc) is 2.38. The first-order valence-corrected chi connectivity index (χ1v) is 7.25. The van der Waals surface area contributed by atoms with E-state index in [-0.39, 0.29) is 11.3 Å². The number of hydrogen-bond acceptors (Lipinski definition) is 2. The smallest absolute Gasteiger partial charge is 0.167 e. The highest BCUT2D eigenvalue weighted by Gasteiger charge is 2.24. The Morgan fingerprint density at radius 2 is 2.05 bits per heavy atom. The number of Topliss-reactive ketones (excluding diaryl/α,β-unsaturated/α-hetero) is 1. The van der Waals surface area contributed by atoms with E-state index in [1.807, 2.05) is 6.07 Å². The minimum Gasteiger partial charge on any atom is -0.316 e. The molecule has 104 valence electrons. The molecule has 1 aliphatic rings. The van der Waals surface area contributed by atoms with E-state index >= 15 is 0 Å². The van der Waals surface area contributed by atoms with Crippen LogP contribution in [-0.2, 0) is 5.41 Å². The number of ketones is 1. The van der Waals surface area contributed by atoms with Gasteiger partial charge in [0.1, 0.15) is 0 Å². The molecule has 1 atom stereocenters. The maximum absolute atomic E-state index is 12.5. The quantitative estimate of drug-likeness (QED) is 0.824. The summed E-state index contributed by atoms with van der Waals surface area (Å²) in [7, 11) is 0. The zero-order valence-corrected chi connectivity index (χ0v) is 12.5. The second kappa shape index (κ2) is 5.46. The van der Waals surface area contributed by atoms with E-state index in [0.29, 0.717) is 5.78 Å². The lowest BCUT2D eigenvalue weighted by molar-refractivity contribution is 0.0899. The summed E-state index contributed by atoms with van der Waals surface area (Å²) in [6.45, 7) is 10.5. The van der Waals surface area contributed by atoms with Crippen molar-refractivity contribution in [2.45, 2.75) is 46.0 Å². The molecule has 0 radical (unpaired) electrons.